The molecule has 1 rings (SSSR count). The summed E-state index contributed by atoms with van der Waals surface area (Å²) in [5, 5.41) is 23.7. The van der Waals surface area contributed by atoms with E-state index in [1.165, 1.54) is 11.3 Å². The molecule has 1 aromatic heterocycles. The number of carboxylic acids is 1. The molecule has 0 saturated carbocycles. The summed E-state index contributed by atoms with van der Waals surface area (Å²) >= 11 is 1.24. The van der Waals surface area contributed by atoms with E-state index < -0.39 is 17.9 Å². The van der Waals surface area contributed by atoms with Crippen LogP contribution in [0.15, 0.2) is 17.5 Å². The van der Waals surface area contributed by atoms with Gasteiger partial charge in [-0.05, 0) is 11.4 Å². The highest BCUT2D eigenvalue weighted by molar-refractivity contribution is 7.12. The molecule has 0 aliphatic heterocycles. The number of thiophene rings is 1. The van der Waals surface area contributed by atoms with Crippen molar-refractivity contribution in [2.75, 3.05) is 13.2 Å². The molecule has 2 amide bonds. The van der Waals surface area contributed by atoms with E-state index in [9.17, 15) is 14.4 Å². The second-order valence-electron chi connectivity index (χ2n) is 3.63. The lowest BCUT2D eigenvalue weighted by molar-refractivity contribution is -0.142. The van der Waals surface area contributed by atoms with Crippen molar-refractivity contribution < 1.29 is 24.6 Å². The first-order valence-electron chi connectivity index (χ1n) is 5.49. The summed E-state index contributed by atoms with van der Waals surface area (Å²) < 4.78 is 0. The summed E-state index contributed by atoms with van der Waals surface area (Å²) in [5.74, 6) is -2.24. The number of carboxylic acid groups (broad SMARTS) is 1. The highest BCUT2D eigenvalue weighted by Gasteiger charge is 2.19. The fourth-order valence-electron chi connectivity index (χ4n) is 1.29. The summed E-state index contributed by atoms with van der Waals surface area (Å²) in [4.78, 5) is 34.2. The van der Waals surface area contributed by atoms with E-state index in [0.29, 0.717) is 4.88 Å². The lowest BCUT2D eigenvalue weighted by Crippen LogP contribution is -2.45. The SMILES string of the molecule is O=C(CNC(=O)c1cccs1)N[C@H](CCO)C(=O)O. The molecule has 0 spiro atoms. The molecule has 1 atom stereocenters. The van der Waals surface area contributed by atoms with Crippen molar-refractivity contribution in [3.05, 3.63) is 22.4 Å². The van der Waals surface area contributed by atoms with Gasteiger partial charge in [0.15, 0.2) is 0 Å². The topological polar surface area (TPSA) is 116 Å². The number of carbonyl (C=O) groups excluding carboxylic acids is 2. The maximum atomic E-state index is 11.5. The van der Waals surface area contributed by atoms with E-state index >= 15 is 0 Å². The normalized spacial score (nSPS) is 11.6. The first-order valence-corrected chi connectivity index (χ1v) is 6.37. The Labute approximate surface area is 113 Å². The van der Waals surface area contributed by atoms with Gasteiger partial charge in [-0.3, -0.25) is 9.59 Å². The van der Waals surface area contributed by atoms with Gasteiger partial charge in [-0.1, -0.05) is 6.07 Å². The Kier molecular flexibility index (Phi) is 5.97. The number of nitrogens with one attached hydrogen (secondary N) is 2. The molecule has 0 fully saturated rings. The van der Waals surface area contributed by atoms with Gasteiger partial charge in [0, 0.05) is 13.0 Å². The zero-order chi connectivity index (χ0) is 14.3. The quantitative estimate of drug-likeness (QED) is 0.536. The van der Waals surface area contributed by atoms with Gasteiger partial charge in [0.2, 0.25) is 5.91 Å². The number of aliphatic hydroxyl groups excluding tert-OH is 1. The molecule has 1 aromatic rings. The molecule has 19 heavy (non-hydrogen) atoms. The van der Waals surface area contributed by atoms with Crippen LogP contribution in [-0.2, 0) is 9.59 Å². The van der Waals surface area contributed by atoms with Crippen LogP contribution in [0.25, 0.3) is 0 Å². The van der Waals surface area contributed by atoms with E-state index in [4.69, 9.17) is 10.2 Å². The summed E-state index contributed by atoms with van der Waals surface area (Å²) in [5.41, 5.74) is 0. The standard InChI is InChI=1S/C11H14N2O5S/c14-4-3-7(11(17)18)13-9(15)6-12-10(16)8-2-1-5-19-8/h1-2,5,7,14H,3-4,6H2,(H,12,16)(H,13,15)(H,17,18)/t7-/m1/s1. The molecular formula is C11H14N2O5S. The molecule has 0 saturated heterocycles. The summed E-state index contributed by atoms with van der Waals surface area (Å²) in [7, 11) is 0. The average molecular weight is 286 g/mol. The molecular weight excluding hydrogens is 272 g/mol. The molecule has 104 valence electrons. The van der Waals surface area contributed by atoms with Crippen molar-refractivity contribution in [3.63, 3.8) is 0 Å². The number of rotatable bonds is 7. The minimum absolute atomic E-state index is 0.0834. The second kappa shape index (κ2) is 7.49. The van der Waals surface area contributed by atoms with Crippen LogP contribution < -0.4 is 10.6 Å². The number of aliphatic hydroxyl groups is 1. The fraction of sp³-hybridized carbons (Fsp3) is 0.364. The zero-order valence-electron chi connectivity index (χ0n) is 9.96. The smallest absolute Gasteiger partial charge is 0.326 e. The molecule has 8 heteroatoms. The van der Waals surface area contributed by atoms with Gasteiger partial charge in [0.25, 0.3) is 5.91 Å². The minimum atomic E-state index is -1.23. The van der Waals surface area contributed by atoms with E-state index in [0.717, 1.165) is 0 Å². The highest BCUT2D eigenvalue weighted by Crippen LogP contribution is 2.07. The van der Waals surface area contributed by atoms with Crippen molar-refractivity contribution in [1.29, 1.82) is 0 Å². The van der Waals surface area contributed by atoms with Crippen LogP contribution in [0.4, 0.5) is 0 Å². The summed E-state index contributed by atoms with van der Waals surface area (Å²) in [6.07, 6.45) is -0.0834. The van der Waals surface area contributed by atoms with Crippen LogP contribution in [0, 0.1) is 0 Å². The van der Waals surface area contributed by atoms with Gasteiger partial charge in [0.1, 0.15) is 6.04 Å². The predicted octanol–water partition coefficient (Wildman–Crippen LogP) is -0.570. The van der Waals surface area contributed by atoms with Gasteiger partial charge < -0.3 is 20.8 Å². The number of carbonyl (C=O) groups is 3. The van der Waals surface area contributed by atoms with Crippen LogP contribution in [0.2, 0.25) is 0 Å². The molecule has 0 aliphatic carbocycles. The maximum absolute atomic E-state index is 11.5. The Bertz CT molecular complexity index is 446. The summed E-state index contributed by atoms with van der Waals surface area (Å²) in [6.45, 7) is -0.662. The predicted molar refractivity (Wildman–Crippen MR) is 67.9 cm³/mol. The van der Waals surface area contributed by atoms with E-state index in [2.05, 4.69) is 10.6 Å². The average Bonchev–Trinajstić information content (AvgIpc) is 2.89. The Balaban J connectivity index is 2.38. The van der Waals surface area contributed by atoms with Gasteiger partial charge in [-0.2, -0.15) is 0 Å². The highest BCUT2D eigenvalue weighted by atomic mass is 32.1. The molecule has 1 heterocycles. The Morgan fingerprint density at radius 1 is 1.37 bits per heavy atom. The molecule has 0 bridgehead atoms. The third-order valence-corrected chi connectivity index (χ3v) is 3.07. The molecule has 0 aromatic carbocycles. The first kappa shape index (κ1) is 15.1. The number of amides is 2. The van der Waals surface area contributed by atoms with E-state index in [1.54, 1.807) is 17.5 Å². The van der Waals surface area contributed by atoms with Crippen LogP contribution >= 0.6 is 11.3 Å². The number of aliphatic carboxylic acids is 1. The maximum Gasteiger partial charge on any atom is 0.326 e. The van der Waals surface area contributed by atoms with Crippen molar-refractivity contribution in [3.8, 4) is 0 Å². The van der Waals surface area contributed by atoms with E-state index in [-0.39, 0.29) is 25.5 Å². The first-order chi connectivity index (χ1) is 9.04. The van der Waals surface area contributed by atoms with Crippen molar-refractivity contribution in [1.82, 2.24) is 10.6 Å². The largest absolute Gasteiger partial charge is 0.480 e. The summed E-state index contributed by atoms with van der Waals surface area (Å²) in [6, 6.07) is 2.17. The Morgan fingerprint density at radius 3 is 2.63 bits per heavy atom. The molecule has 4 N–H and O–H groups in total. The van der Waals surface area contributed by atoms with E-state index in [1.807, 2.05) is 0 Å². The molecule has 0 aliphatic rings. The Hall–Kier alpha value is -1.93. The molecule has 0 unspecified atom stereocenters. The monoisotopic (exact) mass is 286 g/mol. The lowest BCUT2D eigenvalue weighted by atomic mass is 10.2. The Morgan fingerprint density at radius 2 is 2.11 bits per heavy atom. The second-order valence-corrected chi connectivity index (χ2v) is 4.58. The van der Waals surface area contributed by atoms with Gasteiger partial charge in [0.05, 0.1) is 11.4 Å². The lowest BCUT2D eigenvalue weighted by Gasteiger charge is -2.13. The van der Waals surface area contributed by atoms with Gasteiger partial charge in [-0.15, -0.1) is 11.3 Å². The molecule has 0 radical (unpaired) electrons. The third-order valence-electron chi connectivity index (χ3n) is 2.21. The number of hydrogen-bond acceptors (Lipinski definition) is 5. The van der Waals surface area contributed by atoms with Crippen molar-refractivity contribution in [2.24, 2.45) is 0 Å². The van der Waals surface area contributed by atoms with Crippen LogP contribution in [0.1, 0.15) is 16.1 Å². The number of hydrogen-bond donors (Lipinski definition) is 4. The fourth-order valence-corrected chi connectivity index (χ4v) is 1.93. The van der Waals surface area contributed by atoms with Crippen LogP contribution in [0.5, 0.6) is 0 Å². The van der Waals surface area contributed by atoms with Crippen molar-refractivity contribution in [2.45, 2.75) is 12.5 Å². The van der Waals surface area contributed by atoms with Crippen LogP contribution in [-0.4, -0.2) is 47.2 Å². The zero-order valence-corrected chi connectivity index (χ0v) is 10.8. The van der Waals surface area contributed by atoms with Gasteiger partial charge in [-0.25, -0.2) is 4.79 Å². The minimum Gasteiger partial charge on any atom is -0.480 e. The van der Waals surface area contributed by atoms with Crippen LogP contribution in [0.3, 0.4) is 0 Å². The molecule has 7 nitrogen and oxygen atoms in total. The third kappa shape index (κ3) is 5.06. The van der Waals surface area contributed by atoms with Crippen molar-refractivity contribution >= 4 is 29.1 Å². The van der Waals surface area contributed by atoms with Gasteiger partial charge >= 0.3 is 5.97 Å².